The molecule has 0 bridgehead atoms. The van der Waals surface area contributed by atoms with Crippen molar-refractivity contribution in [3.8, 4) is 5.75 Å². The molecule has 0 fully saturated rings. The van der Waals surface area contributed by atoms with E-state index in [9.17, 15) is 4.79 Å². The Kier molecular flexibility index (Phi) is 4.67. The highest BCUT2D eigenvalue weighted by atomic mass is 32.2. The van der Waals surface area contributed by atoms with Crippen LogP contribution in [0.2, 0.25) is 0 Å². The smallest absolute Gasteiger partial charge is 0.168 e. The van der Waals surface area contributed by atoms with Gasteiger partial charge in [-0.2, -0.15) is 0 Å². The zero-order valence-corrected chi connectivity index (χ0v) is 14.0. The van der Waals surface area contributed by atoms with E-state index in [0.29, 0.717) is 17.9 Å². The van der Waals surface area contributed by atoms with Gasteiger partial charge in [-0.1, -0.05) is 36.0 Å². The minimum atomic E-state index is 0.0172. The zero-order chi connectivity index (χ0) is 16.2. The number of thioether (sulfide) groups is 1. The number of ketones is 1. The van der Waals surface area contributed by atoms with E-state index in [-0.39, 0.29) is 5.78 Å². The molecule has 1 heterocycles. The summed E-state index contributed by atoms with van der Waals surface area (Å²) in [6.45, 7) is 2.08. The van der Waals surface area contributed by atoms with Crippen molar-refractivity contribution in [3.63, 3.8) is 0 Å². The molecule has 0 amide bonds. The van der Waals surface area contributed by atoms with Gasteiger partial charge in [0.15, 0.2) is 10.9 Å². The number of benzene rings is 2. The van der Waals surface area contributed by atoms with Gasteiger partial charge in [0.05, 0.1) is 23.2 Å². The first-order valence-corrected chi connectivity index (χ1v) is 8.42. The van der Waals surface area contributed by atoms with Crippen LogP contribution in [0.25, 0.3) is 11.0 Å². The van der Waals surface area contributed by atoms with Gasteiger partial charge in [0.25, 0.3) is 0 Å². The number of aromatic nitrogens is 2. The molecule has 4 nitrogen and oxygen atoms in total. The molecule has 0 aliphatic carbocycles. The predicted octanol–water partition coefficient (Wildman–Crippen LogP) is 3.95. The Morgan fingerprint density at radius 2 is 1.91 bits per heavy atom. The third-order valence-electron chi connectivity index (χ3n) is 3.58. The maximum atomic E-state index is 11.6. The second-order valence-electron chi connectivity index (χ2n) is 5.19. The van der Waals surface area contributed by atoms with Gasteiger partial charge in [-0.05, 0) is 31.2 Å². The molecule has 3 rings (SSSR count). The fraction of sp³-hybridized carbons (Fsp3) is 0.222. The fourth-order valence-electron chi connectivity index (χ4n) is 2.42. The van der Waals surface area contributed by atoms with Crippen LogP contribution in [-0.2, 0) is 7.05 Å². The van der Waals surface area contributed by atoms with Crippen molar-refractivity contribution < 1.29 is 9.53 Å². The van der Waals surface area contributed by atoms with Crippen LogP contribution in [0, 0.1) is 0 Å². The fourth-order valence-corrected chi connectivity index (χ4v) is 3.22. The van der Waals surface area contributed by atoms with Crippen LogP contribution in [0.5, 0.6) is 5.75 Å². The number of rotatable bonds is 6. The van der Waals surface area contributed by atoms with Crippen molar-refractivity contribution in [2.24, 2.45) is 7.05 Å². The molecule has 0 aliphatic heterocycles. The number of fused-ring (bicyclic) bond motifs is 1. The molecule has 0 atom stereocenters. The molecule has 1 aromatic heterocycles. The third kappa shape index (κ3) is 3.40. The minimum Gasteiger partial charge on any atom is -0.492 e. The largest absolute Gasteiger partial charge is 0.492 e. The monoisotopic (exact) mass is 326 g/mol. The first-order valence-electron chi connectivity index (χ1n) is 7.44. The number of carbonyl (C=O) groups excluding carboxylic acids is 1. The van der Waals surface area contributed by atoms with Crippen molar-refractivity contribution >= 4 is 28.6 Å². The Labute approximate surface area is 139 Å². The number of ether oxygens (including phenoxy) is 1. The van der Waals surface area contributed by atoms with Gasteiger partial charge in [0.1, 0.15) is 5.75 Å². The Morgan fingerprint density at radius 1 is 1.17 bits per heavy atom. The van der Waals surface area contributed by atoms with Crippen LogP contribution >= 0.6 is 11.8 Å². The number of imidazole rings is 1. The lowest BCUT2D eigenvalue weighted by Gasteiger charge is -2.09. The van der Waals surface area contributed by atoms with E-state index in [1.165, 1.54) is 0 Å². The topological polar surface area (TPSA) is 44.1 Å². The molecule has 0 N–H and O–H groups in total. The quantitative estimate of drug-likeness (QED) is 0.391. The lowest BCUT2D eigenvalue weighted by molar-refractivity contribution is 0.101. The zero-order valence-electron chi connectivity index (χ0n) is 13.2. The van der Waals surface area contributed by atoms with E-state index < -0.39 is 0 Å². The Balaban J connectivity index is 1.61. The summed E-state index contributed by atoms with van der Waals surface area (Å²) in [6.07, 6.45) is 0. The van der Waals surface area contributed by atoms with E-state index in [4.69, 9.17) is 4.74 Å². The minimum absolute atomic E-state index is 0.0172. The van der Waals surface area contributed by atoms with Crippen LogP contribution in [0.1, 0.15) is 17.3 Å². The molecule has 0 aliphatic rings. The van der Waals surface area contributed by atoms with Crippen molar-refractivity contribution in [3.05, 3.63) is 54.1 Å². The first-order chi connectivity index (χ1) is 11.2. The summed E-state index contributed by atoms with van der Waals surface area (Å²) >= 11 is 1.65. The molecule has 0 saturated carbocycles. The molecule has 2 aromatic carbocycles. The van der Waals surface area contributed by atoms with Crippen LogP contribution in [0.15, 0.2) is 53.7 Å². The number of aryl methyl sites for hydroxylation is 1. The second kappa shape index (κ2) is 6.87. The summed E-state index contributed by atoms with van der Waals surface area (Å²) in [5.74, 6) is 1.43. The molecule has 0 saturated heterocycles. The summed E-state index contributed by atoms with van der Waals surface area (Å²) < 4.78 is 7.84. The van der Waals surface area contributed by atoms with Crippen LogP contribution in [-0.4, -0.2) is 27.7 Å². The van der Waals surface area contributed by atoms with E-state index in [2.05, 4.69) is 15.6 Å². The van der Waals surface area contributed by atoms with Crippen LogP contribution < -0.4 is 4.74 Å². The van der Waals surface area contributed by atoms with Gasteiger partial charge in [0.2, 0.25) is 0 Å². The van der Waals surface area contributed by atoms with Crippen molar-refractivity contribution in [1.82, 2.24) is 9.55 Å². The average molecular weight is 326 g/mol. The first kappa shape index (κ1) is 15.6. The highest BCUT2D eigenvalue weighted by Gasteiger charge is 2.09. The van der Waals surface area contributed by atoms with E-state index in [0.717, 1.165) is 21.9 Å². The van der Waals surface area contributed by atoms with E-state index in [1.54, 1.807) is 24.8 Å². The molecular formula is C18H18N2O2S. The van der Waals surface area contributed by atoms with Crippen molar-refractivity contribution in [2.75, 3.05) is 12.4 Å². The number of hydrogen-bond acceptors (Lipinski definition) is 4. The van der Waals surface area contributed by atoms with Gasteiger partial charge in [-0.25, -0.2) is 4.98 Å². The summed E-state index contributed by atoms with van der Waals surface area (Å²) in [5, 5.41) is 0.967. The molecule has 0 unspecified atom stereocenters. The van der Waals surface area contributed by atoms with Crippen LogP contribution in [0.4, 0.5) is 0 Å². The van der Waals surface area contributed by atoms with E-state index >= 15 is 0 Å². The second-order valence-corrected chi connectivity index (χ2v) is 6.25. The molecular weight excluding hydrogens is 308 g/mol. The van der Waals surface area contributed by atoms with Crippen LogP contribution in [0.3, 0.4) is 0 Å². The molecule has 3 aromatic rings. The maximum Gasteiger partial charge on any atom is 0.168 e. The van der Waals surface area contributed by atoms with Gasteiger partial charge in [0, 0.05) is 12.8 Å². The highest BCUT2D eigenvalue weighted by Crippen LogP contribution is 2.23. The normalized spacial score (nSPS) is 10.9. The molecule has 5 heteroatoms. The number of para-hydroxylation sites is 3. The van der Waals surface area contributed by atoms with Crippen molar-refractivity contribution in [2.45, 2.75) is 12.1 Å². The highest BCUT2D eigenvalue weighted by molar-refractivity contribution is 7.99. The third-order valence-corrected chi connectivity index (χ3v) is 4.58. The number of Topliss-reactive ketones (excluding diaryl/α,β-unsaturated/α-hetero) is 1. The standard InChI is InChI=1S/C18H18N2O2S/c1-13(21)14-7-3-6-10-17(14)22-11-12-23-18-19-15-8-4-5-9-16(15)20(18)2/h3-10H,11-12H2,1-2H3. The molecule has 0 radical (unpaired) electrons. The molecule has 0 spiro atoms. The molecule has 118 valence electrons. The number of hydrogen-bond donors (Lipinski definition) is 0. The maximum absolute atomic E-state index is 11.6. The lowest BCUT2D eigenvalue weighted by Crippen LogP contribution is -2.05. The Hall–Kier alpha value is -2.27. The summed E-state index contributed by atoms with van der Waals surface area (Å²) in [7, 11) is 2.02. The number of carbonyl (C=O) groups is 1. The summed E-state index contributed by atoms with van der Waals surface area (Å²) in [4.78, 5) is 16.2. The molecule has 23 heavy (non-hydrogen) atoms. The summed E-state index contributed by atoms with van der Waals surface area (Å²) in [5.41, 5.74) is 2.75. The van der Waals surface area contributed by atoms with Gasteiger partial charge < -0.3 is 9.30 Å². The SMILES string of the molecule is CC(=O)c1ccccc1OCCSc1nc2ccccc2n1C. The average Bonchev–Trinajstić information content (AvgIpc) is 2.88. The van der Waals surface area contributed by atoms with Gasteiger partial charge in [-0.3, -0.25) is 4.79 Å². The van der Waals surface area contributed by atoms with Gasteiger partial charge >= 0.3 is 0 Å². The predicted molar refractivity (Wildman–Crippen MR) is 93.4 cm³/mol. The van der Waals surface area contributed by atoms with Gasteiger partial charge in [-0.15, -0.1) is 0 Å². The van der Waals surface area contributed by atoms with Crippen molar-refractivity contribution in [1.29, 1.82) is 0 Å². The lowest BCUT2D eigenvalue weighted by atomic mass is 10.1. The summed E-state index contributed by atoms with van der Waals surface area (Å²) in [6, 6.07) is 15.4. The Bertz CT molecular complexity index is 842. The Morgan fingerprint density at radius 3 is 2.70 bits per heavy atom. The number of nitrogens with zero attached hydrogens (tertiary/aromatic N) is 2. The van der Waals surface area contributed by atoms with E-state index in [1.807, 2.05) is 43.4 Å².